The van der Waals surface area contributed by atoms with E-state index in [2.05, 4.69) is 10.5 Å². The molecule has 0 amide bonds. The summed E-state index contributed by atoms with van der Waals surface area (Å²) >= 11 is 0. The molecule has 0 saturated heterocycles. The fourth-order valence-corrected chi connectivity index (χ4v) is 1.43. The molecule has 0 aliphatic carbocycles. The molecule has 84 valence electrons. The van der Waals surface area contributed by atoms with Gasteiger partial charge in [-0.1, -0.05) is 6.07 Å². The number of hydrogen-bond donors (Lipinski definition) is 1. The van der Waals surface area contributed by atoms with Crippen LogP contribution in [0.3, 0.4) is 0 Å². The first-order valence-electron chi connectivity index (χ1n) is 4.84. The average molecular weight is 221 g/mol. The van der Waals surface area contributed by atoms with Gasteiger partial charge in [-0.2, -0.15) is 5.48 Å². The van der Waals surface area contributed by atoms with E-state index in [1.807, 2.05) is 6.07 Å². The molecule has 0 unspecified atom stereocenters. The van der Waals surface area contributed by atoms with Crippen LogP contribution in [-0.2, 0) is 11.4 Å². The highest BCUT2D eigenvalue weighted by atomic mass is 19.1. The molecule has 0 aliphatic heterocycles. The minimum atomic E-state index is -0.284. The first-order chi connectivity index (χ1) is 7.81. The van der Waals surface area contributed by atoms with Gasteiger partial charge in [0.2, 0.25) is 0 Å². The Morgan fingerprint density at radius 2 is 2.38 bits per heavy atom. The lowest BCUT2D eigenvalue weighted by Crippen LogP contribution is -2.11. The smallest absolute Gasteiger partial charge is 0.147 e. The zero-order chi connectivity index (χ0) is 11.4. The molecular weight excluding hydrogens is 209 g/mol. The Kier molecular flexibility index (Phi) is 3.28. The van der Waals surface area contributed by atoms with Gasteiger partial charge in [0.05, 0.1) is 19.1 Å². The number of benzene rings is 1. The van der Waals surface area contributed by atoms with E-state index in [0.29, 0.717) is 12.2 Å². The predicted molar refractivity (Wildman–Crippen MR) is 57.4 cm³/mol. The maximum atomic E-state index is 13.7. The van der Waals surface area contributed by atoms with Crippen molar-refractivity contribution in [3.63, 3.8) is 0 Å². The van der Waals surface area contributed by atoms with Crippen molar-refractivity contribution in [2.24, 2.45) is 0 Å². The Hall–Kier alpha value is -1.72. The Labute approximate surface area is 92.6 Å². The lowest BCUT2D eigenvalue weighted by Gasteiger charge is -2.06. The summed E-state index contributed by atoms with van der Waals surface area (Å²) in [4.78, 5) is 8.58. The van der Waals surface area contributed by atoms with Crippen molar-refractivity contribution in [1.82, 2.24) is 15.0 Å². The molecule has 2 rings (SSSR count). The minimum absolute atomic E-state index is 0.284. The summed E-state index contributed by atoms with van der Waals surface area (Å²) in [5.74, 6) is -0.284. The molecule has 1 aromatic carbocycles. The normalized spacial score (nSPS) is 10.6. The highest BCUT2D eigenvalue weighted by Gasteiger charge is 2.04. The van der Waals surface area contributed by atoms with Crippen LogP contribution < -0.4 is 5.48 Å². The summed E-state index contributed by atoms with van der Waals surface area (Å²) in [6, 6.07) is 5.02. The summed E-state index contributed by atoms with van der Waals surface area (Å²) in [5, 5.41) is 0. The molecule has 0 atom stereocenters. The molecular formula is C11H12FN3O. The molecule has 1 N–H and O–H groups in total. The first kappa shape index (κ1) is 10.8. The van der Waals surface area contributed by atoms with Gasteiger partial charge in [-0.25, -0.2) is 9.37 Å². The lowest BCUT2D eigenvalue weighted by molar-refractivity contribution is 0.0866. The number of halogens is 1. The zero-order valence-corrected chi connectivity index (χ0v) is 8.85. The molecule has 0 aliphatic rings. The number of rotatable bonds is 4. The molecule has 0 saturated carbocycles. The summed E-state index contributed by atoms with van der Waals surface area (Å²) in [5.41, 5.74) is 3.97. The van der Waals surface area contributed by atoms with Crippen molar-refractivity contribution in [3.8, 4) is 5.69 Å². The molecule has 2 aromatic rings. The fourth-order valence-electron chi connectivity index (χ4n) is 1.43. The summed E-state index contributed by atoms with van der Waals surface area (Å²) in [6.07, 6.45) is 4.87. The quantitative estimate of drug-likeness (QED) is 0.798. The maximum Gasteiger partial charge on any atom is 0.147 e. The van der Waals surface area contributed by atoms with Crippen LogP contribution in [0.4, 0.5) is 4.39 Å². The van der Waals surface area contributed by atoms with E-state index in [1.54, 1.807) is 29.4 Å². The number of nitrogens with one attached hydrogen (secondary N) is 1. The van der Waals surface area contributed by atoms with Gasteiger partial charge in [-0.05, 0) is 17.7 Å². The van der Waals surface area contributed by atoms with Crippen LogP contribution in [0, 0.1) is 5.82 Å². The van der Waals surface area contributed by atoms with Crippen LogP contribution in [0.25, 0.3) is 5.69 Å². The van der Waals surface area contributed by atoms with Crippen LogP contribution in [0.5, 0.6) is 0 Å². The molecule has 16 heavy (non-hydrogen) atoms. The standard InChI is InChI=1S/C11H12FN3O/c1-16-14-7-9-2-3-11(10(12)6-9)15-5-4-13-8-15/h2-6,8,14H,7H2,1H3. The molecule has 0 spiro atoms. The van der Waals surface area contributed by atoms with Gasteiger partial charge in [-0.15, -0.1) is 0 Å². The van der Waals surface area contributed by atoms with Gasteiger partial charge in [0.25, 0.3) is 0 Å². The summed E-state index contributed by atoms with van der Waals surface area (Å²) in [7, 11) is 1.52. The zero-order valence-electron chi connectivity index (χ0n) is 8.85. The van der Waals surface area contributed by atoms with Crippen LogP contribution in [-0.4, -0.2) is 16.7 Å². The number of nitrogens with zero attached hydrogens (tertiary/aromatic N) is 2. The molecule has 1 aromatic heterocycles. The van der Waals surface area contributed by atoms with Crippen molar-refractivity contribution < 1.29 is 9.23 Å². The van der Waals surface area contributed by atoms with Crippen molar-refractivity contribution >= 4 is 0 Å². The van der Waals surface area contributed by atoms with Crippen LogP contribution in [0.2, 0.25) is 0 Å². The van der Waals surface area contributed by atoms with E-state index in [9.17, 15) is 4.39 Å². The largest absolute Gasteiger partial charge is 0.305 e. The van der Waals surface area contributed by atoms with Gasteiger partial charge in [0, 0.05) is 18.9 Å². The van der Waals surface area contributed by atoms with E-state index in [4.69, 9.17) is 4.84 Å². The molecule has 5 heteroatoms. The fraction of sp³-hybridized carbons (Fsp3) is 0.182. The number of imidazole rings is 1. The number of hydroxylamine groups is 1. The van der Waals surface area contributed by atoms with Crippen molar-refractivity contribution in [1.29, 1.82) is 0 Å². The Morgan fingerprint density at radius 3 is 3.00 bits per heavy atom. The summed E-state index contributed by atoms with van der Waals surface area (Å²) in [6.45, 7) is 0.470. The lowest BCUT2D eigenvalue weighted by atomic mass is 10.2. The first-order valence-corrected chi connectivity index (χ1v) is 4.84. The van der Waals surface area contributed by atoms with E-state index >= 15 is 0 Å². The SMILES string of the molecule is CONCc1ccc(-n2ccnc2)c(F)c1. The maximum absolute atomic E-state index is 13.7. The Bertz CT molecular complexity index is 456. The van der Waals surface area contributed by atoms with Crippen LogP contribution in [0.1, 0.15) is 5.56 Å². The van der Waals surface area contributed by atoms with Gasteiger partial charge >= 0.3 is 0 Å². The Balaban J connectivity index is 2.23. The van der Waals surface area contributed by atoms with Crippen molar-refractivity contribution in [2.45, 2.75) is 6.54 Å². The third-order valence-corrected chi connectivity index (χ3v) is 2.22. The predicted octanol–water partition coefficient (Wildman–Crippen LogP) is 1.66. The average Bonchev–Trinajstić information content (AvgIpc) is 2.80. The topological polar surface area (TPSA) is 39.1 Å². The monoisotopic (exact) mass is 221 g/mol. The Morgan fingerprint density at radius 1 is 1.50 bits per heavy atom. The van der Waals surface area contributed by atoms with Gasteiger partial charge in [0.15, 0.2) is 0 Å². The van der Waals surface area contributed by atoms with Crippen LogP contribution >= 0.6 is 0 Å². The number of aromatic nitrogens is 2. The highest BCUT2D eigenvalue weighted by Crippen LogP contribution is 2.14. The minimum Gasteiger partial charge on any atom is -0.305 e. The second-order valence-electron chi connectivity index (χ2n) is 3.28. The molecule has 1 heterocycles. The van der Waals surface area contributed by atoms with E-state index in [1.165, 1.54) is 13.2 Å². The molecule has 0 radical (unpaired) electrons. The molecule has 4 nitrogen and oxygen atoms in total. The molecule has 0 fully saturated rings. The second-order valence-corrected chi connectivity index (χ2v) is 3.28. The van der Waals surface area contributed by atoms with E-state index in [-0.39, 0.29) is 5.82 Å². The van der Waals surface area contributed by atoms with Gasteiger partial charge < -0.3 is 9.40 Å². The third-order valence-electron chi connectivity index (χ3n) is 2.22. The molecule has 0 bridgehead atoms. The van der Waals surface area contributed by atoms with E-state index in [0.717, 1.165) is 5.56 Å². The summed E-state index contributed by atoms with van der Waals surface area (Å²) < 4.78 is 15.4. The highest BCUT2D eigenvalue weighted by molar-refractivity contribution is 5.36. The number of hydrogen-bond acceptors (Lipinski definition) is 3. The van der Waals surface area contributed by atoms with E-state index < -0.39 is 0 Å². The van der Waals surface area contributed by atoms with Gasteiger partial charge in [-0.3, -0.25) is 0 Å². The second kappa shape index (κ2) is 4.87. The van der Waals surface area contributed by atoms with Crippen LogP contribution in [0.15, 0.2) is 36.9 Å². The van der Waals surface area contributed by atoms with Crippen molar-refractivity contribution in [3.05, 3.63) is 48.3 Å². The van der Waals surface area contributed by atoms with Gasteiger partial charge in [0.1, 0.15) is 5.82 Å². The van der Waals surface area contributed by atoms with Crippen molar-refractivity contribution in [2.75, 3.05) is 7.11 Å². The third kappa shape index (κ3) is 2.26.